The molecule has 0 saturated heterocycles. The molecule has 4 nitrogen and oxygen atoms in total. The molecule has 0 aliphatic rings. The third kappa shape index (κ3) is 4.12. The highest BCUT2D eigenvalue weighted by atomic mass is 32.2. The van der Waals surface area contributed by atoms with E-state index in [2.05, 4.69) is 5.32 Å². The summed E-state index contributed by atoms with van der Waals surface area (Å²) in [6.45, 7) is 0. The fourth-order valence-electron chi connectivity index (χ4n) is 2.25. The molecule has 0 fully saturated rings. The number of nitrogens with one attached hydrogen (secondary N) is 1. The molecule has 0 bridgehead atoms. The van der Waals surface area contributed by atoms with Crippen LogP contribution in [0.5, 0.6) is 0 Å². The second-order valence-corrected chi connectivity index (χ2v) is 8.53. The lowest BCUT2D eigenvalue weighted by atomic mass is 10.2. The van der Waals surface area contributed by atoms with E-state index < -0.39 is 15.7 Å². The topological polar surface area (TPSA) is 63.2 Å². The summed E-state index contributed by atoms with van der Waals surface area (Å²) in [5.74, 6) is -0.775. The first-order valence-electron chi connectivity index (χ1n) is 7.30. The molecule has 1 heterocycles. The Balaban J connectivity index is 1.84. The van der Waals surface area contributed by atoms with Gasteiger partial charge in [-0.05, 0) is 48.0 Å². The summed E-state index contributed by atoms with van der Waals surface area (Å²) in [6, 6.07) is 15.6. The molecule has 0 aliphatic heterocycles. The molecule has 1 N–H and O–H groups in total. The number of thiophene rings is 1. The van der Waals surface area contributed by atoms with Crippen molar-refractivity contribution >= 4 is 32.8 Å². The molecule has 0 saturated carbocycles. The number of halogens is 1. The number of hydrogen-bond acceptors (Lipinski definition) is 4. The fourth-order valence-corrected chi connectivity index (χ4v) is 3.82. The Morgan fingerprint density at radius 3 is 2.52 bits per heavy atom. The molecule has 0 unspecified atom stereocenters. The summed E-state index contributed by atoms with van der Waals surface area (Å²) < 4.78 is 36.5. The van der Waals surface area contributed by atoms with Crippen molar-refractivity contribution in [2.24, 2.45) is 0 Å². The largest absolute Gasteiger partial charge is 0.321 e. The van der Waals surface area contributed by atoms with Crippen molar-refractivity contribution in [1.82, 2.24) is 0 Å². The van der Waals surface area contributed by atoms with Crippen LogP contribution in [0.1, 0.15) is 9.67 Å². The van der Waals surface area contributed by atoms with Crippen molar-refractivity contribution in [2.75, 3.05) is 11.6 Å². The third-order valence-electron chi connectivity index (χ3n) is 3.46. The second-order valence-electron chi connectivity index (χ2n) is 5.43. The number of anilines is 1. The summed E-state index contributed by atoms with van der Waals surface area (Å²) in [4.78, 5) is 13.7. The average Bonchev–Trinajstić information content (AvgIpc) is 3.04. The first-order valence-corrected chi connectivity index (χ1v) is 10.0. The Hall–Kier alpha value is -2.51. The number of sulfone groups is 1. The average molecular weight is 375 g/mol. The molecule has 25 heavy (non-hydrogen) atoms. The van der Waals surface area contributed by atoms with Gasteiger partial charge in [-0.15, -0.1) is 11.3 Å². The monoisotopic (exact) mass is 375 g/mol. The molecule has 0 aliphatic carbocycles. The summed E-state index contributed by atoms with van der Waals surface area (Å²) in [5.41, 5.74) is 1.09. The van der Waals surface area contributed by atoms with Crippen LogP contribution in [-0.2, 0) is 9.84 Å². The van der Waals surface area contributed by atoms with Gasteiger partial charge < -0.3 is 5.32 Å². The maximum absolute atomic E-state index is 13.2. The van der Waals surface area contributed by atoms with Crippen LogP contribution < -0.4 is 5.32 Å². The Morgan fingerprint density at radius 2 is 1.80 bits per heavy atom. The molecule has 3 rings (SSSR count). The number of hydrogen-bond donors (Lipinski definition) is 1. The number of benzene rings is 2. The van der Waals surface area contributed by atoms with Gasteiger partial charge in [-0.25, -0.2) is 12.8 Å². The van der Waals surface area contributed by atoms with Crippen LogP contribution in [0.3, 0.4) is 0 Å². The zero-order chi connectivity index (χ0) is 18.0. The number of carbonyl (C=O) groups is 1. The zero-order valence-electron chi connectivity index (χ0n) is 13.2. The molecular weight excluding hydrogens is 361 g/mol. The Kier molecular flexibility index (Phi) is 4.69. The first-order chi connectivity index (χ1) is 11.8. The van der Waals surface area contributed by atoms with E-state index in [1.54, 1.807) is 36.4 Å². The van der Waals surface area contributed by atoms with E-state index in [0.29, 0.717) is 10.6 Å². The van der Waals surface area contributed by atoms with Gasteiger partial charge >= 0.3 is 0 Å². The van der Waals surface area contributed by atoms with Crippen LogP contribution >= 0.6 is 11.3 Å². The molecule has 7 heteroatoms. The minimum Gasteiger partial charge on any atom is -0.321 e. The quantitative estimate of drug-likeness (QED) is 0.743. The molecule has 1 amide bonds. The molecule has 2 aromatic carbocycles. The van der Waals surface area contributed by atoms with Crippen molar-refractivity contribution in [3.63, 3.8) is 0 Å². The van der Waals surface area contributed by atoms with Crippen LogP contribution in [0.4, 0.5) is 10.1 Å². The molecule has 0 atom stereocenters. The van der Waals surface area contributed by atoms with Crippen LogP contribution in [0.25, 0.3) is 10.4 Å². The van der Waals surface area contributed by atoms with Gasteiger partial charge in [0.25, 0.3) is 5.91 Å². The van der Waals surface area contributed by atoms with Crippen molar-refractivity contribution in [1.29, 1.82) is 0 Å². The number of rotatable bonds is 4. The van der Waals surface area contributed by atoms with Gasteiger partial charge in [-0.1, -0.05) is 18.2 Å². The lowest BCUT2D eigenvalue weighted by molar-refractivity contribution is 0.103. The van der Waals surface area contributed by atoms with Crippen molar-refractivity contribution in [3.8, 4) is 10.4 Å². The van der Waals surface area contributed by atoms with Crippen molar-refractivity contribution in [3.05, 3.63) is 71.4 Å². The van der Waals surface area contributed by atoms with E-state index in [1.807, 2.05) is 0 Å². The van der Waals surface area contributed by atoms with Crippen LogP contribution in [0.15, 0.2) is 65.6 Å². The molecule has 128 valence electrons. The lowest BCUT2D eigenvalue weighted by Gasteiger charge is -2.03. The first kappa shape index (κ1) is 17.3. The van der Waals surface area contributed by atoms with E-state index in [-0.39, 0.29) is 10.8 Å². The highest BCUT2D eigenvalue weighted by Crippen LogP contribution is 2.30. The third-order valence-corrected chi connectivity index (χ3v) is 5.70. The van der Waals surface area contributed by atoms with Gasteiger partial charge in [0.2, 0.25) is 0 Å². The van der Waals surface area contributed by atoms with Gasteiger partial charge in [-0.3, -0.25) is 4.79 Å². The maximum atomic E-state index is 13.2. The Bertz CT molecular complexity index is 1040. The minimum absolute atomic E-state index is 0.226. The standard InChI is InChI=1S/C18H14FNO3S2/c1-25(22,23)15-7-2-4-12(10-15)16-8-9-17(24-16)18(21)20-14-6-3-5-13(19)11-14/h2-11H,1H3,(H,20,21). The van der Waals surface area contributed by atoms with E-state index in [4.69, 9.17) is 0 Å². The van der Waals surface area contributed by atoms with Crippen molar-refractivity contribution < 1.29 is 17.6 Å². The Labute approximate surface area is 148 Å². The van der Waals surface area contributed by atoms with Gasteiger partial charge in [-0.2, -0.15) is 0 Å². The Morgan fingerprint density at radius 1 is 1.04 bits per heavy atom. The summed E-state index contributed by atoms with van der Waals surface area (Å²) in [6.07, 6.45) is 1.15. The zero-order valence-corrected chi connectivity index (χ0v) is 14.8. The van der Waals surface area contributed by atoms with E-state index in [9.17, 15) is 17.6 Å². The molecule has 1 aromatic heterocycles. The van der Waals surface area contributed by atoms with Gasteiger partial charge in [0.1, 0.15) is 5.82 Å². The van der Waals surface area contributed by atoms with Gasteiger partial charge in [0.15, 0.2) is 9.84 Å². The summed E-state index contributed by atoms with van der Waals surface area (Å²) in [5, 5.41) is 2.64. The molecule has 3 aromatic rings. The normalized spacial score (nSPS) is 11.3. The van der Waals surface area contributed by atoms with Crippen LogP contribution in [0.2, 0.25) is 0 Å². The fraction of sp³-hybridized carbons (Fsp3) is 0.0556. The highest BCUT2D eigenvalue weighted by Gasteiger charge is 2.13. The molecular formula is C18H14FNO3S2. The van der Waals surface area contributed by atoms with E-state index >= 15 is 0 Å². The molecule has 0 radical (unpaired) electrons. The number of amides is 1. The summed E-state index contributed by atoms with van der Waals surface area (Å²) >= 11 is 1.24. The van der Waals surface area contributed by atoms with E-state index in [0.717, 1.165) is 16.7 Å². The van der Waals surface area contributed by atoms with Gasteiger partial charge in [0.05, 0.1) is 9.77 Å². The number of carbonyl (C=O) groups excluding carboxylic acids is 1. The highest BCUT2D eigenvalue weighted by molar-refractivity contribution is 7.90. The van der Waals surface area contributed by atoms with Crippen LogP contribution in [-0.4, -0.2) is 20.6 Å². The minimum atomic E-state index is -3.30. The summed E-state index contributed by atoms with van der Waals surface area (Å²) in [7, 11) is -3.30. The van der Waals surface area contributed by atoms with Gasteiger partial charge in [0, 0.05) is 16.8 Å². The molecule has 0 spiro atoms. The SMILES string of the molecule is CS(=O)(=O)c1cccc(-c2ccc(C(=O)Nc3cccc(F)c3)s2)c1. The van der Waals surface area contributed by atoms with E-state index in [1.165, 1.54) is 35.6 Å². The van der Waals surface area contributed by atoms with Crippen LogP contribution in [0, 0.1) is 5.82 Å². The predicted octanol–water partition coefficient (Wildman–Crippen LogP) is 4.21. The second kappa shape index (κ2) is 6.78. The maximum Gasteiger partial charge on any atom is 0.265 e. The smallest absolute Gasteiger partial charge is 0.265 e. The lowest BCUT2D eigenvalue weighted by Crippen LogP contribution is -2.09. The predicted molar refractivity (Wildman–Crippen MR) is 97.2 cm³/mol. The van der Waals surface area contributed by atoms with Crippen molar-refractivity contribution in [2.45, 2.75) is 4.90 Å².